The minimum Gasteiger partial charge on any atom is -0.504 e. The molecule has 2 aromatic carbocycles. The monoisotopic (exact) mass is 474 g/mol. The minimum absolute atomic E-state index is 0. The van der Waals surface area contributed by atoms with Crippen LogP contribution in [0.15, 0.2) is 18.2 Å². The molecule has 0 radical (unpaired) electrons. The molecule has 1 aliphatic carbocycles. The molecule has 180 valence electrons. The van der Waals surface area contributed by atoms with Gasteiger partial charge in [-0.2, -0.15) is 0 Å². The lowest BCUT2D eigenvalue weighted by molar-refractivity contribution is 0.139. The topological polar surface area (TPSA) is 54.4 Å². The number of phenols is 1. The Kier molecular flexibility index (Phi) is 7.27. The Morgan fingerprint density at radius 3 is 2.33 bits per heavy atom. The van der Waals surface area contributed by atoms with E-state index in [-0.39, 0.29) is 18.2 Å². The summed E-state index contributed by atoms with van der Waals surface area (Å²) < 4.78 is 17.3. The van der Waals surface area contributed by atoms with Crippen molar-refractivity contribution < 1.29 is 19.3 Å². The molecule has 0 unspecified atom stereocenters. The molecule has 0 spiro atoms. The molecule has 5 rings (SSSR count). The Morgan fingerprint density at radius 2 is 1.64 bits per heavy atom. The van der Waals surface area contributed by atoms with Crippen LogP contribution in [-0.4, -0.2) is 69.0 Å². The molecule has 1 atom stereocenters. The number of hydrogen-bond acceptors (Lipinski definition) is 6. The number of rotatable bonds is 6. The van der Waals surface area contributed by atoms with E-state index < -0.39 is 0 Å². The van der Waals surface area contributed by atoms with E-state index in [9.17, 15) is 5.11 Å². The van der Waals surface area contributed by atoms with Crippen molar-refractivity contribution in [3.63, 3.8) is 0 Å². The average Bonchev–Trinajstić information content (AvgIpc) is 2.83. The van der Waals surface area contributed by atoms with Crippen LogP contribution in [-0.2, 0) is 12.8 Å². The number of ether oxygens (including phenoxy) is 3. The van der Waals surface area contributed by atoms with Crippen LogP contribution in [0.25, 0.3) is 11.1 Å². The fraction of sp³-hybridized carbons (Fsp3) is 0.538. The van der Waals surface area contributed by atoms with E-state index in [1.165, 1.54) is 49.0 Å². The van der Waals surface area contributed by atoms with Gasteiger partial charge in [0.15, 0.2) is 23.0 Å². The number of aromatic hydroxyl groups is 1. The summed E-state index contributed by atoms with van der Waals surface area (Å²) in [5.74, 6) is 2.13. The van der Waals surface area contributed by atoms with Gasteiger partial charge in [0.2, 0.25) is 0 Å². The molecule has 2 aromatic rings. The standard InChI is InChI=1S/C26H34N2O4.ClH/c1-30-21-16-18-9-12-28(14-13-27-10-5-4-6-11-27)19-15-17-7-8-20(29)25(31-2)23(17)24(22(18)19)26(21)32-3;/h7-8,16,19,29H,4-6,9-15H2,1-3H3;1H/t19-;/m0./s1. The third-order valence-electron chi connectivity index (χ3n) is 7.48. The lowest BCUT2D eigenvalue weighted by atomic mass is 9.76. The zero-order valence-electron chi connectivity index (χ0n) is 19.9. The summed E-state index contributed by atoms with van der Waals surface area (Å²) in [7, 11) is 4.99. The number of nitrogens with zero attached hydrogens (tertiary/aromatic N) is 2. The Hall–Kier alpha value is -2.15. The van der Waals surface area contributed by atoms with Crippen LogP contribution >= 0.6 is 12.4 Å². The SMILES string of the molecule is COc1cc2c3c(c1OC)-c1c(ccc(O)c1OC)C[C@@H]3N(CCN1CCCCC1)CC2.Cl. The number of piperidine rings is 1. The van der Waals surface area contributed by atoms with Gasteiger partial charge in [0.25, 0.3) is 0 Å². The molecular weight excluding hydrogens is 440 g/mol. The summed E-state index contributed by atoms with van der Waals surface area (Å²) in [6.45, 7) is 5.70. The second kappa shape index (κ2) is 10.00. The maximum Gasteiger partial charge on any atom is 0.169 e. The minimum atomic E-state index is 0. The van der Waals surface area contributed by atoms with E-state index in [0.29, 0.717) is 11.8 Å². The molecule has 0 saturated carbocycles. The highest BCUT2D eigenvalue weighted by Gasteiger charge is 2.39. The molecule has 6 nitrogen and oxygen atoms in total. The first-order chi connectivity index (χ1) is 15.7. The largest absolute Gasteiger partial charge is 0.504 e. The first-order valence-electron chi connectivity index (χ1n) is 11.8. The number of methoxy groups -OCH3 is 3. The van der Waals surface area contributed by atoms with Crippen LogP contribution in [0.4, 0.5) is 0 Å². The van der Waals surface area contributed by atoms with Crippen molar-refractivity contribution in [1.29, 1.82) is 0 Å². The molecule has 33 heavy (non-hydrogen) atoms. The predicted octanol–water partition coefficient (Wildman–Crippen LogP) is 4.45. The molecule has 0 bridgehead atoms. The molecule has 2 aliphatic heterocycles. The van der Waals surface area contributed by atoms with Gasteiger partial charge < -0.3 is 24.2 Å². The Labute approximate surface area is 202 Å². The summed E-state index contributed by atoms with van der Waals surface area (Å²) in [5.41, 5.74) is 5.76. The van der Waals surface area contributed by atoms with Crippen molar-refractivity contribution >= 4 is 12.4 Å². The Bertz CT molecular complexity index is 1010. The highest BCUT2D eigenvalue weighted by Crippen LogP contribution is 2.56. The van der Waals surface area contributed by atoms with Gasteiger partial charge >= 0.3 is 0 Å². The first-order valence-corrected chi connectivity index (χ1v) is 11.8. The molecule has 7 heteroatoms. The normalized spacial score (nSPS) is 19.8. The van der Waals surface area contributed by atoms with Crippen LogP contribution in [0, 0.1) is 0 Å². The van der Waals surface area contributed by atoms with Crippen LogP contribution in [0.1, 0.15) is 42.0 Å². The van der Waals surface area contributed by atoms with Crippen molar-refractivity contribution in [3.8, 4) is 34.1 Å². The third-order valence-corrected chi connectivity index (χ3v) is 7.48. The van der Waals surface area contributed by atoms with Crippen molar-refractivity contribution in [2.24, 2.45) is 0 Å². The zero-order chi connectivity index (χ0) is 22.2. The number of hydrogen-bond donors (Lipinski definition) is 1. The van der Waals surface area contributed by atoms with Gasteiger partial charge in [0.05, 0.1) is 21.3 Å². The van der Waals surface area contributed by atoms with E-state index in [4.69, 9.17) is 14.2 Å². The molecule has 2 heterocycles. The van der Waals surface area contributed by atoms with E-state index >= 15 is 0 Å². The fourth-order valence-electron chi connectivity index (χ4n) is 5.92. The molecule has 0 amide bonds. The summed E-state index contributed by atoms with van der Waals surface area (Å²) in [6.07, 6.45) is 5.90. The number of fused-ring (bicyclic) bond motifs is 2. The molecule has 1 N–H and O–H groups in total. The van der Waals surface area contributed by atoms with Gasteiger partial charge in [-0.1, -0.05) is 12.5 Å². The van der Waals surface area contributed by atoms with Gasteiger partial charge in [-0.05, 0) is 67.6 Å². The van der Waals surface area contributed by atoms with Crippen molar-refractivity contribution in [1.82, 2.24) is 9.80 Å². The molecule has 0 aromatic heterocycles. The molecular formula is C26H35ClN2O4. The van der Waals surface area contributed by atoms with E-state index in [1.807, 2.05) is 6.07 Å². The predicted molar refractivity (Wildman–Crippen MR) is 132 cm³/mol. The second-order valence-electron chi connectivity index (χ2n) is 9.12. The van der Waals surface area contributed by atoms with Gasteiger partial charge in [-0.25, -0.2) is 0 Å². The maximum absolute atomic E-state index is 10.6. The quantitative estimate of drug-likeness (QED) is 0.667. The molecule has 1 fully saturated rings. The highest BCUT2D eigenvalue weighted by atomic mass is 35.5. The summed E-state index contributed by atoms with van der Waals surface area (Å²) in [4.78, 5) is 5.26. The molecule has 1 saturated heterocycles. The maximum atomic E-state index is 10.6. The number of likely N-dealkylation sites (tertiary alicyclic amines) is 1. The van der Waals surface area contributed by atoms with Crippen molar-refractivity contribution in [3.05, 3.63) is 34.9 Å². The van der Waals surface area contributed by atoms with E-state index in [2.05, 4.69) is 15.9 Å². The summed E-state index contributed by atoms with van der Waals surface area (Å²) in [5, 5.41) is 10.6. The van der Waals surface area contributed by atoms with Gasteiger partial charge in [-0.15, -0.1) is 12.4 Å². The lowest BCUT2D eigenvalue weighted by Gasteiger charge is -2.43. The van der Waals surface area contributed by atoms with Crippen LogP contribution in [0.2, 0.25) is 0 Å². The van der Waals surface area contributed by atoms with Crippen LogP contribution in [0.3, 0.4) is 0 Å². The Morgan fingerprint density at radius 1 is 0.879 bits per heavy atom. The zero-order valence-corrected chi connectivity index (χ0v) is 20.7. The fourth-order valence-corrected chi connectivity index (χ4v) is 5.92. The van der Waals surface area contributed by atoms with Gasteiger partial charge in [0, 0.05) is 36.8 Å². The average molecular weight is 475 g/mol. The van der Waals surface area contributed by atoms with Gasteiger partial charge in [0.1, 0.15) is 0 Å². The van der Waals surface area contributed by atoms with E-state index in [0.717, 1.165) is 55.1 Å². The lowest BCUT2D eigenvalue weighted by Crippen LogP contribution is -2.43. The highest BCUT2D eigenvalue weighted by molar-refractivity contribution is 5.88. The number of phenolic OH excluding ortho intramolecular Hbond substituents is 1. The van der Waals surface area contributed by atoms with Crippen molar-refractivity contribution in [2.75, 3.05) is 54.1 Å². The Balaban J connectivity index is 0.00000259. The van der Waals surface area contributed by atoms with E-state index in [1.54, 1.807) is 27.4 Å². The smallest absolute Gasteiger partial charge is 0.169 e. The summed E-state index contributed by atoms with van der Waals surface area (Å²) in [6, 6.07) is 6.22. The van der Waals surface area contributed by atoms with Crippen molar-refractivity contribution in [2.45, 2.75) is 38.1 Å². The van der Waals surface area contributed by atoms with Gasteiger partial charge in [-0.3, -0.25) is 4.90 Å². The third kappa shape index (κ3) is 4.13. The number of benzene rings is 2. The first kappa shape index (κ1) is 24.0. The summed E-state index contributed by atoms with van der Waals surface area (Å²) >= 11 is 0. The number of halogens is 1. The van der Waals surface area contributed by atoms with Crippen LogP contribution in [0.5, 0.6) is 23.0 Å². The van der Waals surface area contributed by atoms with Crippen LogP contribution < -0.4 is 14.2 Å². The second-order valence-corrected chi connectivity index (χ2v) is 9.12. The molecule has 3 aliphatic rings.